The minimum absolute atomic E-state index is 0.0733. The number of quaternary nitrogens is 1. The molecular weight excluding hydrogens is 618 g/mol. The third-order valence-corrected chi connectivity index (χ3v) is 9.47. The predicted molar refractivity (Wildman–Crippen MR) is 191 cm³/mol. The molecule has 47 heavy (non-hydrogen) atoms. The zero-order valence-corrected chi connectivity index (χ0v) is 31.7. The van der Waals surface area contributed by atoms with Gasteiger partial charge < -0.3 is 9.66 Å². The van der Waals surface area contributed by atoms with Crippen molar-refractivity contribution >= 4 is 28.2 Å². The van der Waals surface area contributed by atoms with Gasteiger partial charge in [-0.1, -0.05) is 168 Å². The molecule has 0 aromatic rings. The van der Waals surface area contributed by atoms with Gasteiger partial charge in [0.05, 0.1) is 33.4 Å². The maximum Gasteiger partial charge on any atom is 0.320 e. The summed E-state index contributed by atoms with van der Waals surface area (Å²) in [7, 11) is -1.95. The van der Waals surface area contributed by atoms with Gasteiger partial charge in [-0.25, -0.2) is 22.5 Å². The Morgan fingerprint density at radius 1 is 0.532 bits per heavy atom. The van der Waals surface area contributed by atoms with Crippen molar-refractivity contribution in [3.05, 3.63) is 0 Å². The van der Waals surface area contributed by atoms with E-state index in [4.69, 9.17) is 0 Å². The van der Waals surface area contributed by atoms with E-state index >= 15 is 0 Å². The highest BCUT2D eigenvalue weighted by Crippen LogP contribution is 2.19. The highest BCUT2D eigenvalue weighted by molar-refractivity contribution is 7.80. The summed E-state index contributed by atoms with van der Waals surface area (Å²) in [5, 5.41) is 9.21. The summed E-state index contributed by atoms with van der Waals surface area (Å²) in [5.74, 6) is -1.15. The zero-order chi connectivity index (χ0) is 35.7. The van der Waals surface area contributed by atoms with Crippen molar-refractivity contribution < 1.29 is 41.1 Å². The number of carbonyl (C=O) groups is 3. The maximum absolute atomic E-state index is 13.1. The van der Waals surface area contributed by atoms with Crippen molar-refractivity contribution in [2.75, 3.05) is 20.7 Å². The molecule has 0 saturated carbocycles. The van der Waals surface area contributed by atoms with Crippen LogP contribution in [0.5, 0.6) is 0 Å². The first-order valence-corrected chi connectivity index (χ1v) is 20.4. The van der Waals surface area contributed by atoms with E-state index < -0.39 is 16.4 Å². The van der Waals surface area contributed by atoms with Crippen LogP contribution in [0.15, 0.2) is 0 Å². The Bertz CT molecular complexity index is 820. The minimum atomic E-state index is -4.41. The molecule has 0 fully saturated rings. The third-order valence-electron chi connectivity index (χ3n) is 9.07. The van der Waals surface area contributed by atoms with E-state index in [0.29, 0.717) is 12.8 Å². The number of hydrogen-bond donors (Lipinski definition) is 1. The molecule has 1 N–H and O–H groups in total. The molecular formula is C37H73NO8S. The summed E-state index contributed by atoms with van der Waals surface area (Å²) in [5.41, 5.74) is 0. The first-order chi connectivity index (χ1) is 22.4. The molecule has 0 unspecified atom stereocenters. The van der Waals surface area contributed by atoms with Crippen LogP contribution in [0.3, 0.4) is 0 Å². The third kappa shape index (κ3) is 32.9. The largest absolute Gasteiger partial charge is 0.726 e. The number of unbranched alkanes of at least 4 members (excludes halogenated alkanes) is 24. The van der Waals surface area contributed by atoms with E-state index in [2.05, 4.69) is 18.0 Å². The van der Waals surface area contributed by atoms with Crippen LogP contribution in [0.2, 0.25) is 0 Å². The first-order valence-electron chi connectivity index (χ1n) is 19.1. The van der Waals surface area contributed by atoms with Gasteiger partial charge in [-0.2, -0.15) is 0 Å². The monoisotopic (exact) mass is 692 g/mol. The average molecular weight is 692 g/mol. The molecule has 280 valence electrons. The number of carboxylic acids is 1. The average Bonchev–Trinajstić information content (AvgIpc) is 3.03. The lowest BCUT2D eigenvalue weighted by Gasteiger charge is -2.28. The second-order valence-electron chi connectivity index (χ2n) is 13.4. The van der Waals surface area contributed by atoms with Crippen molar-refractivity contribution in [3.63, 3.8) is 0 Å². The molecule has 0 spiro atoms. The molecule has 0 saturated heterocycles. The SMILES string of the molecule is CCCCCCCCCCCCCCCC(=O)[N+](C)(CCC(=O)O)C(=O)CCCCCCCCCCCCCCC.COS(=O)(=O)[O-]. The van der Waals surface area contributed by atoms with Gasteiger partial charge in [0.1, 0.15) is 6.54 Å². The van der Waals surface area contributed by atoms with E-state index in [-0.39, 0.29) is 29.3 Å². The van der Waals surface area contributed by atoms with Crippen LogP contribution in [0.1, 0.15) is 200 Å². The zero-order valence-electron chi connectivity index (χ0n) is 30.9. The van der Waals surface area contributed by atoms with Gasteiger partial charge in [0, 0.05) is 0 Å². The van der Waals surface area contributed by atoms with Crippen molar-refractivity contribution in [1.29, 1.82) is 0 Å². The Morgan fingerprint density at radius 3 is 0.979 bits per heavy atom. The quantitative estimate of drug-likeness (QED) is 0.0318. The second kappa shape index (κ2) is 33.2. The summed E-state index contributed by atoms with van der Waals surface area (Å²) < 4.78 is 30.7. The normalized spacial score (nSPS) is 11.7. The molecule has 0 aromatic carbocycles. The molecule has 0 heterocycles. The van der Waals surface area contributed by atoms with Crippen LogP contribution in [0, 0.1) is 0 Å². The van der Waals surface area contributed by atoms with Gasteiger partial charge in [0.2, 0.25) is 10.4 Å². The number of hydrogen-bond acceptors (Lipinski definition) is 7. The van der Waals surface area contributed by atoms with Crippen LogP contribution in [-0.2, 0) is 29.0 Å². The summed E-state index contributed by atoms with van der Waals surface area (Å²) >= 11 is 0. The summed E-state index contributed by atoms with van der Waals surface area (Å²) in [4.78, 5) is 37.5. The number of aliphatic carboxylic acids is 1. The van der Waals surface area contributed by atoms with Gasteiger partial charge in [0.15, 0.2) is 0 Å². The number of carboxylic acid groups (broad SMARTS) is 1. The molecule has 0 aliphatic carbocycles. The van der Waals surface area contributed by atoms with Gasteiger partial charge >= 0.3 is 17.8 Å². The Morgan fingerprint density at radius 2 is 0.766 bits per heavy atom. The smallest absolute Gasteiger partial charge is 0.320 e. The van der Waals surface area contributed by atoms with Crippen LogP contribution < -0.4 is 0 Å². The molecule has 9 nitrogen and oxygen atoms in total. The topological polar surface area (TPSA) is 138 Å². The molecule has 10 heteroatoms. The number of rotatable bonds is 32. The number of amides is 2. The fourth-order valence-electron chi connectivity index (χ4n) is 5.79. The van der Waals surface area contributed by atoms with Crippen molar-refractivity contribution in [2.24, 2.45) is 0 Å². The van der Waals surface area contributed by atoms with Crippen LogP contribution in [0.25, 0.3) is 0 Å². The molecule has 0 bridgehead atoms. The molecule has 0 aliphatic heterocycles. The molecule has 2 amide bonds. The first kappa shape index (κ1) is 47.8. The molecule has 0 rings (SSSR count). The predicted octanol–water partition coefficient (Wildman–Crippen LogP) is 10.0. The fourth-order valence-corrected chi connectivity index (χ4v) is 5.79. The van der Waals surface area contributed by atoms with E-state index in [1.54, 1.807) is 7.05 Å². The lowest BCUT2D eigenvalue weighted by Crippen LogP contribution is -2.54. The Kier molecular flexibility index (Phi) is 33.7. The van der Waals surface area contributed by atoms with Crippen molar-refractivity contribution in [3.8, 4) is 0 Å². The number of carbonyl (C=O) groups excluding carboxylic acids is 2. The molecule has 0 aliphatic rings. The Balaban J connectivity index is 0. The summed E-state index contributed by atoms with van der Waals surface area (Å²) in [6.45, 7) is 4.59. The maximum atomic E-state index is 13.1. The Hall–Kier alpha value is -1.36. The van der Waals surface area contributed by atoms with E-state index in [1.165, 1.54) is 128 Å². The lowest BCUT2D eigenvalue weighted by molar-refractivity contribution is -0.757. The van der Waals surface area contributed by atoms with Crippen molar-refractivity contribution in [2.45, 2.75) is 200 Å². The summed E-state index contributed by atoms with van der Waals surface area (Å²) in [6.07, 6.45) is 33.1. The molecule has 0 atom stereocenters. The Labute approximate surface area is 289 Å². The van der Waals surface area contributed by atoms with Crippen LogP contribution in [-0.4, -0.2) is 61.0 Å². The van der Waals surface area contributed by atoms with Gasteiger partial charge in [0.25, 0.3) is 0 Å². The highest BCUT2D eigenvalue weighted by atomic mass is 32.3. The van der Waals surface area contributed by atoms with Gasteiger partial charge in [-0.05, 0) is 12.8 Å². The van der Waals surface area contributed by atoms with E-state index in [9.17, 15) is 32.5 Å². The fraction of sp³-hybridized carbons (Fsp3) is 0.919. The standard InChI is InChI=1S/C36H69NO4.CH4O4S/c1-4-6-8-10-12-14-16-18-20-22-24-26-28-30-34(38)37(3,33-32-36(40)41)35(39)31-29-27-25-23-21-19-17-15-13-11-9-7-5-2;1-5-6(2,3)4/h4-33H2,1-3H3;1H3,(H,2,3,4). The number of imide groups is 1. The lowest BCUT2D eigenvalue weighted by atomic mass is 10.0. The van der Waals surface area contributed by atoms with E-state index in [1.807, 2.05) is 0 Å². The highest BCUT2D eigenvalue weighted by Gasteiger charge is 2.39. The van der Waals surface area contributed by atoms with Gasteiger partial charge in [-0.3, -0.25) is 8.98 Å². The van der Waals surface area contributed by atoms with Crippen molar-refractivity contribution in [1.82, 2.24) is 0 Å². The molecule has 0 radical (unpaired) electrons. The second-order valence-corrected chi connectivity index (χ2v) is 14.6. The number of nitrogens with zero attached hydrogens (tertiary/aromatic N) is 1. The van der Waals surface area contributed by atoms with Crippen LogP contribution >= 0.6 is 0 Å². The minimum Gasteiger partial charge on any atom is -0.726 e. The molecule has 0 aromatic heterocycles. The summed E-state index contributed by atoms with van der Waals surface area (Å²) in [6, 6.07) is 0. The van der Waals surface area contributed by atoms with E-state index in [0.717, 1.165) is 45.6 Å². The van der Waals surface area contributed by atoms with Crippen LogP contribution in [0.4, 0.5) is 0 Å². The van der Waals surface area contributed by atoms with Gasteiger partial charge in [-0.15, -0.1) is 0 Å².